The molecule has 1 N–H and O–H groups in total. The largest absolute Gasteiger partial charge is 0.325 e. The zero-order valence-corrected chi connectivity index (χ0v) is 17.7. The molecule has 2 heterocycles. The summed E-state index contributed by atoms with van der Waals surface area (Å²) in [7, 11) is 0. The first kappa shape index (κ1) is 20.0. The highest BCUT2D eigenvalue weighted by atomic mass is 32.2. The molecule has 0 spiro atoms. The van der Waals surface area contributed by atoms with Crippen LogP contribution >= 0.6 is 34.9 Å². The van der Waals surface area contributed by atoms with E-state index in [0.717, 1.165) is 23.4 Å². The SMILES string of the molecule is CCCCn1c(SCC(=O)Nc2cccc(SC)c2)nc2ccsc2c1=O. The zero-order chi connectivity index (χ0) is 19.2. The zero-order valence-electron chi connectivity index (χ0n) is 15.2. The molecule has 2 aromatic heterocycles. The van der Waals surface area contributed by atoms with Crippen molar-refractivity contribution in [1.29, 1.82) is 0 Å². The number of thioether (sulfide) groups is 2. The second-order valence-electron chi connectivity index (χ2n) is 5.91. The Morgan fingerprint density at radius 1 is 1.33 bits per heavy atom. The lowest BCUT2D eigenvalue weighted by Gasteiger charge is -2.11. The van der Waals surface area contributed by atoms with Crippen LogP contribution in [0, 0.1) is 0 Å². The highest BCUT2D eigenvalue weighted by Gasteiger charge is 2.14. The van der Waals surface area contributed by atoms with Crippen LogP contribution in [0.1, 0.15) is 19.8 Å². The first-order chi connectivity index (χ1) is 13.1. The van der Waals surface area contributed by atoms with E-state index in [0.29, 0.717) is 21.9 Å². The number of carbonyl (C=O) groups excluding carboxylic acids is 1. The van der Waals surface area contributed by atoms with Crippen LogP contribution in [0.25, 0.3) is 10.2 Å². The molecule has 0 atom stereocenters. The molecule has 142 valence electrons. The Morgan fingerprint density at radius 2 is 2.19 bits per heavy atom. The smallest absolute Gasteiger partial charge is 0.272 e. The van der Waals surface area contributed by atoms with Gasteiger partial charge in [0.2, 0.25) is 5.91 Å². The number of hydrogen-bond acceptors (Lipinski definition) is 6. The summed E-state index contributed by atoms with van der Waals surface area (Å²) in [6, 6.07) is 9.59. The van der Waals surface area contributed by atoms with Crippen molar-refractivity contribution in [3.63, 3.8) is 0 Å². The lowest BCUT2D eigenvalue weighted by atomic mass is 10.3. The monoisotopic (exact) mass is 419 g/mol. The molecule has 0 unspecified atom stereocenters. The maximum Gasteiger partial charge on any atom is 0.272 e. The number of benzene rings is 1. The predicted octanol–water partition coefficient (Wildman–Crippen LogP) is 4.71. The van der Waals surface area contributed by atoms with Gasteiger partial charge in [0.15, 0.2) is 5.16 Å². The Labute approximate surface area is 170 Å². The lowest BCUT2D eigenvalue weighted by Crippen LogP contribution is -2.23. The standard InChI is InChI=1S/C19H21N3O2S3/c1-3-4-9-22-18(24)17-15(8-10-26-17)21-19(22)27-12-16(23)20-13-6-5-7-14(11-13)25-2/h5-8,10-11H,3-4,9,12H2,1-2H3,(H,20,23). The molecule has 3 rings (SSSR count). The third-order valence-electron chi connectivity index (χ3n) is 3.95. The van der Waals surface area contributed by atoms with E-state index >= 15 is 0 Å². The number of amides is 1. The van der Waals surface area contributed by atoms with Crippen molar-refractivity contribution in [1.82, 2.24) is 9.55 Å². The van der Waals surface area contributed by atoms with E-state index < -0.39 is 0 Å². The Balaban J connectivity index is 1.75. The van der Waals surface area contributed by atoms with Crippen molar-refractivity contribution >= 4 is 56.7 Å². The van der Waals surface area contributed by atoms with Crippen molar-refractivity contribution in [3.05, 3.63) is 46.1 Å². The Hall–Kier alpha value is -1.77. The highest BCUT2D eigenvalue weighted by Crippen LogP contribution is 2.22. The van der Waals surface area contributed by atoms with Gasteiger partial charge in [-0.25, -0.2) is 4.98 Å². The van der Waals surface area contributed by atoms with Crippen LogP contribution in [0.4, 0.5) is 5.69 Å². The van der Waals surface area contributed by atoms with Gasteiger partial charge in [0, 0.05) is 17.1 Å². The van der Waals surface area contributed by atoms with E-state index in [1.54, 1.807) is 16.3 Å². The molecular weight excluding hydrogens is 398 g/mol. The number of anilines is 1. The van der Waals surface area contributed by atoms with Crippen LogP contribution in [0.5, 0.6) is 0 Å². The number of nitrogens with one attached hydrogen (secondary N) is 1. The van der Waals surface area contributed by atoms with Crippen LogP contribution in [0.2, 0.25) is 0 Å². The molecule has 0 radical (unpaired) electrons. The van der Waals surface area contributed by atoms with Crippen LogP contribution in [-0.2, 0) is 11.3 Å². The number of nitrogens with zero attached hydrogens (tertiary/aromatic N) is 2. The first-order valence-corrected chi connectivity index (χ1v) is 11.8. The molecule has 8 heteroatoms. The summed E-state index contributed by atoms with van der Waals surface area (Å²) in [5.74, 6) is 0.0949. The molecule has 0 aliphatic heterocycles. The molecule has 0 fully saturated rings. The summed E-state index contributed by atoms with van der Waals surface area (Å²) < 4.78 is 2.38. The number of aromatic nitrogens is 2. The van der Waals surface area contributed by atoms with Gasteiger partial charge < -0.3 is 5.32 Å². The van der Waals surface area contributed by atoms with Gasteiger partial charge in [-0.05, 0) is 42.3 Å². The van der Waals surface area contributed by atoms with Crippen LogP contribution in [0.3, 0.4) is 0 Å². The lowest BCUT2D eigenvalue weighted by molar-refractivity contribution is -0.113. The summed E-state index contributed by atoms with van der Waals surface area (Å²) in [6.07, 6.45) is 3.89. The van der Waals surface area contributed by atoms with Crippen molar-refractivity contribution in [2.75, 3.05) is 17.3 Å². The number of thiophene rings is 1. The van der Waals surface area contributed by atoms with E-state index in [4.69, 9.17) is 0 Å². The highest BCUT2D eigenvalue weighted by molar-refractivity contribution is 7.99. The van der Waals surface area contributed by atoms with Crippen LogP contribution < -0.4 is 10.9 Å². The van der Waals surface area contributed by atoms with Gasteiger partial charge in [-0.1, -0.05) is 31.2 Å². The minimum absolute atomic E-state index is 0.0148. The normalized spacial score (nSPS) is 11.0. The molecule has 0 saturated carbocycles. The maximum absolute atomic E-state index is 12.7. The van der Waals surface area contributed by atoms with E-state index in [1.807, 2.05) is 42.0 Å². The van der Waals surface area contributed by atoms with Gasteiger partial charge in [0.05, 0.1) is 11.3 Å². The fourth-order valence-electron chi connectivity index (χ4n) is 2.58. The molecule has 1 amide bonds. The third-order valence-corrected chi connectivity index (χ3v) is 6.55. The number of carbonyl (C=O) groups is 1. The Kier molecular flexibility index (Phi) is 6.98. The molecule has 27 heavy (non-hydrogen) atoms. The quantitative estimate of drug-likeness (QED) is 0.423. The minimum Gasteiger partial charge on any atom is -0.325 e. The average Bonchev–Trinajstić information content (AvgIpc) is 3.15. The van der Waals surface area contributed by atoms with E-state index in [9.17, 15) is 9.59 Å². The predicted molar refractivity (Wildman–Crippen MR) is 116 cm³/mol. The summed E-state index contributed by atoms with van der Waals surface area (Å²) in [5.41, 5.74) is 1.46. The second kappa shape index (κ2) is 9.43. The van der Waals surface area contributed by atoms with Crippen LogP contribution in [-0.4, -0.2) is 27.5 Å². The van der Waals surface area contributed by atoms with Crippen molar-refractivity contribution in [3.8, 4) is 0 Å². The molecule has 0 bridgehead atoms. The molecule has 5 nitrogen and oxygen atoms in total. The van der Waals surface area contributed by atoms with E-state index in [1.165, 1.54) is 23.1 Å². The molecular formula is C19H21N3O2S3. The molecule has 0 saturated heterocycles. The number of hydrogen-bond donors (Lipinski definition) is 1. The Bertz CT molecular complexity index is 997. The maximum atomic E-state index is 12.7. The number of fused-ring (bicyclic) bond motifs is 1. The van der Waals surface area contributed by atoms with Crippen molar-refractivity contribution < 1.29 is 4.79 Å². The van der Waals surface area contributed by atoms with Gasteiger partial charge >= 0.3 is 0 Å². The van der Waals surface area contributed by atoms with Gasteiger partial charge in [0.1, 0.15) is 4.70 Å². The topological polar surface area (TPSA) is 64.0 Å². The summed E-state index contributed by atoms with van der Waals surface area (Å²) in [6.45, 7) is 2.71. The minimum atomic E-state index is -0.111. The molecule has 0 aliphatic carbocycles. The van der Waals surface area contributed by atoms with E-state index in [-0.39, 0.29) is 17.2 Å². The number of unbranched alkanes of at least 4 members (excludes halogenated alkanes) is 1. The summed E-state index contributed by atoms with van der Waals surface area (Å²) >= 11 is 4.35. The van der Waals surface area contributed by atoms with Crippen molar-refractivity contribution in [2.45, 2.75) is 36.4 Å². The Morgan fingerprint density at radius 3 is 2.96 bits per heavy atom. The molecule has 3 aromatic rings. The first-order valence-electron chi connectivity index (χ1n) is 8.67. The van der Waals surface area contributed by atoms with Gasteiger partial charge in [-0.15, -0.1) is 23.1 Å². The fraction of sp³-hybridized carbons (Fsp3) is 0.316. The van der Waals surface area contributed by atoms with Crippen molar-refractivity contribution in [2.24, 2.45) is 0 Å². The van der Waals surface area contributed by atoms with Gasteiger partial charge in [0.25, 0.3) is 5.56 Å². The third kappa shape index (κ3) is 4.94. The molecule has 1 aromatic carbocycles. The summed E-state index contributed by atoms with van der Waals surface area (Å²) in [4.78, 5) is 30.8. The average molecular weight is 420 g/mol. The van der Waals surface area contributed by atoms with E-state index in [2.05, 4.69) is 17.2 Å². The number of rotatable bonds is 8. The fourth-order valence-corrected chi connectivity index (χ4v) is 4.64. The summed E-state index contributed by atoms with van der Waals surface area (Å²) in [5, 5.41) is 5.39. The van der Waals surface area contributed by atoms with Gasteiger partial charge in [-0.3, -0.25) is 14.2 Å². The molecule has 0 aliphatic rings. The van der Waals surface area contributed by atoms with Gasteiger partial charge in [-0.2, -0.15) is 0 Å². The second-order valence-corrected chi connectivity index (χ2v) is 8.65. The van der Waals surface area contributed by atoms with Crippen LogP contribution in [0.15, 0.2) is 50.6 Å².